The first-order valence-corrected chi connectivity index (χ1v) is 8.55. The minimum atomic E-state index is 0.577. The van der Waals surface area contributed by atoms with Gasteiger partial charge in [-0.2, -0.15) is 5.10 Å². The first-order chi connectivity index (χ1) is 12.9. The van der Waals surface area contributed by atoms with Gasteiger partial charge in [0.05, 0.1) is 6.54 Å². The summed E-state index contributed by atoms with van der Waals surface area (Å²) >= 11 is 0. The third kappa shape index (κ3) is 3.98. The largest absolute Gasteiger partial charge is 0.489 e. The van der Waals surface area contributed by atoms with Crippen LogP contribution in [0.2, 0.25) is 0 Å². The molecule has 4 heteroatoms. The lowest BCUT2D eigenvalue weighted by Gasteiger charge is -2.09. The van der Waals surface area contributed by atoms with Crippen LogP contribution in [-0.2, 0) is 13.2 Å². The zero-order chi connectivity index (χ0) is 17.6. The summed E-state index contributed by atoms with van der Waals surface area (Å²) in [4.78, 5) is 3.99. The average Bonchev–Trinajstić information content (AvgIpc) is 3.21. The van der Waals surface area contributed by atoms with Crippen molar-refractivity contribution in [2.24, 2.45) is 0 Å². The number of hydrogen-bond donors (Lipinski definition) is 0. The molecule has 1 heterocycles. The summed E-state index contributed by atoms with van der Waals surface area (Å²) in [6, 6.07) is 26.9. The van der Waals surface area contributed by atoms with Gasteiger partial charge in [0.1, 0.15) is 25.0 Å². The molecule has 0 atom stereocenters. The standard InChI is InChI=1S/C22H19N3O/c1-2-5-18(6-3-1)15-26-22-11-9-20(10-12-22)21-8-4-7-19(13-21)14-25-17-23-16-24-25/h1-13,16-17H,14-15H2. The fourth-order valence-electron chi connectivity index (χ4n) is 2.84. The number of nitrogens with zero attached hydrogens (tertiary/aromatic N) is 3. The van der Waals surface area contributed by atoms with Crippen LogP contribution in [0.4, 0.5) is 0 Å². The van der Waals surface area contributed by atoms with Gasteiger partial charge < -0.3 is 4.74 Å². The highest BCUT2D eigenvalue weighted by Gasteiger charge is 2.02. The Morgan fingerprint density at radius 2 is 1.58 bits per heavy atom. The Balaban J connectivity index is 1.45. The highest BCUT2D eigenvalue weighted by Crippen LogP contribution is 2.24. The van der Waals surface area contributed by atoms with Gasteiger partial charge in [-0.25, -0.2) is 9.67 Å². The van der Waals surface area contributed by atoms with Crippen molar-refractivity contribution in [3.63, 3.8) is 0 Å². The molecule has 4 nitrogen and oxygen atoms in total. The van der Waals surface area contributed by atoms with Crippen LogP contribution in [0.5, 0.6) is 5.75 Å². The molecule has 0 N–H and O–H groups in total. The predicted octanol–water partition coefficient (Wildman–Crippen LogP) is 4.57. The molecular formula is C22H19N3O. The van der Waals surface area contributed by atoms with Crippen molar-refractivity contribution in [2.75, 3.05) is 0 Å². The quantitative estimate of drug-likeness (QED) is 0.516. The van der Waals surface area contributed by atoms with Gasteiger partial charge in [-0.3, -0.25) is 0 Å². The molecule has 26 heavy (non-hydrogen) atoms. The van der Waals surface area contributed by atoms with Crippen LogP contribution in [0, 0.1) is 0 Å². The van der Waals surface area contributed by atoms with E-state index in [0.29, 0.717) is 13.2 Å². The Kier molecular flexibility index (Phi) is 4.74. The third-order valence-electron chi connectivity index (χ3n) is 4.17. The molecule has 0 aliphatic heterocycles. The smallest absolute Gasteiger partial charge is 0.137 e. The van der Waals surface area contributed by atoms with Gasteiger partial charge in [0.2, 0.25) is 0 Å². The van der Waals surface area contributed by atoms with E-state index in [1.165, 1.54) is 11.1 Å². The summed E-state index contributed by atoms with van der Waals surface area (Å²) in [5, 5.41) is 4.16. The van der Waals surface area contributed by atoms with E-state index in [2.05, 4.69) is 58.6 Å². The molecule has 128 valence electrons. The monoisotopic (exact) mass is 341 g/mol. The molecule has 0 spiro atoms. The Morgan fingerprint density at radius 3 is 2.35 bits per heavy atom. The normalized spacial score (nSPS) is 10.6. The molecule has 0 radical (unpaired) electrons. The van der Waals surface area contributed by atoms with Crippen molar-refractivity contribution < 1.29 is 4.74 Å². The number of rotatable bonds is 6. The van der Waals surface area contributed by atoms with E-state index < -0.39 is 0 Å². The summed E-state index contributed by atoms with van der Waals surface area (Å²) in [6.07, 6.45) is 3.28. The molecule has 3 aromatic carbocycles. The maximum Gasteiger partial charge on any atom is 0.137 e. The predicted molar refractivity (Wildman–Crippen MR) is 102 cm³/mol. The Labute approximate surface area is 152 Å². The summed E-state index contributed by atoms with van der Waals surface area (Å²) < 4.78 is 7.68. The molecule has 4 aromatic rings. The van der Waals surface area contributed by atoms with Gasteiger partial charge in [-0.15, -0.1) is 0 Å². The first-order valence-electron chi connectivity index (χ1n) is 8.55. The molecule has 1 aromatic heterocycles. The zero-order valence-corrected chi connectivity index (χ0v) is 14.3. The molecule has 0 fully saturated rings. The highest BCUT2D eigenvalue weighted by atomic mass is 16.5. The van der Waals surface area contributed by atoms with Crippen LogP contribution >= 0.6 is 0 Å². The number of hydrogen-bond acceptors (Lipinski definition) is 3. The molecular weight excluding hydrogens is 322 g/mol. The minimum absolute atomic E-state index is 0.577. The highest BCUT2D eigenvalue weighted by molar-refractivity contribution is 5.64. The van der Waals surface area contributed by atoms with Gasteiger partial charge in [0, 0.05) is 0 Å². The van der Waals surface area contributed by atoms with Crippen molar-refractivity contribution in [2.45, 2.75) is 13.2 Å². The second-order valence-corrected chi connectivity index (χ2v) is 6.09. The lowest BCUT2D eigenvalue weighted by molar-refractivity contribution is 0.306. The first kappa shape index (κ1) is 16.1. The summed E-state index contributed by atoms with van der Waals surface area (Å²) in [5.41, 5.74) is 4.70. The maximum atomic E-state index is 5.86. The fourth-order valence-corrected chi connectivity index (χ4v) is 2.84. The molecule has 0 bridgehead atoms. The lowest BCUT2D eigenvalue weighted by Crippen LogP contribution is -1.99. The number of ether oxygens (including phenoxy) is 1. The van der Waals surface area contributed by atoms with Crippen LogP contribution in [-0.4, -0.2) is 14.8 Å². The number of benzene rings is 3. The molecule has 0 amide bonds. The molecule has 0 aliphatic rings. The van der Waals surface area contributed by atoms with Gasteiger partial charge in [-0.05, 0) is 40.5 Å². The molecule has 0 unspecified atom stereocenters. The van der Waals surface area contributed by atoms with E-state index >= 15 is 0 Å². The molecule has 0 saturated heterocycles. The fraction of sp³-hybridized carbons (Fsp3) is 0.0909. The SMILES string of the molecule is c1ccc(COc2ccc(-c3cccc(Cn4cncn4)c3)cc2)cc1. The average molecular weight is 341 g/mol. The maximum absolute atomic E-state index is 5.86. The molecule has 0 aliphatic carbocycles. The van der Waals surface area contributed by atoms with Gasteiger partial charge in [0.15, 0.2) is 0 Å². The van der Waals surface area contributed by atoms with Gasteiger partial charge >= 0.3 is 0 Å². The molecule has 0 saturated carbocycles. The lowest BCUT2D eigenvalue weighted by atomic mass is 10.0. The van der Waals surface area contributed by atoms with Crippen LogP contribution in [0.1, 0.15) is 11.1 Å². The van der Waals surface area contributed by atoms with E-state index in [-0.39, 0.29) is 0 Å². The zero-order valence-electron chi connectivity index (χ0n) is 14.3. The Morgan fingerprint density at radius 1 is 0.769 bits per heavy atom. The number of aromatic nitrogens is 3. The Bertz CT molecular complexity index is 948. The van der Waals surface area contributed by atoms with Crippen molar-refractivity contribution in [3.8, 4) is 16.9 Å². The van der Waals surface area contributed by atoms with Crippen LogP contribution in [0.3, 0.4) is 0 Å². The van der Waals surface area contributed by atoms with E-state index in [1.807, 2.05) is 35.0 Å². The van der Waals surface area contributed by atoms with E-state index in [1.54, 1.807) is 12.7 Å². The minimum Gasteiger partial charge on any atom is -0.489 e. The van der Waals surface area contributed by atoms with Crippen molar-refractivity contribution >= 4 is 0 Å². The van der Waals surface area contributed by atoms with Crippen molar-refractivity contribution in [1.82, 2.24) is 14.8 Å². The van der Waals surface area contributed by atoms with Gasteiger partial charge in [-0.1, -0.05) is 60.7 Å². The van der Waals surface area contributed by atoms with Crippen LogP contribution in [0.15, 0.2) is 91.5 Å². The summed E-state index contributed by atoms with van der Waals surface area (Å²) in [7, 11) is 0. The van der Waals surface area contributed by atoms with Crippen molar-refractivity contribution in [3.05, 3.63) is 103 Å². The summed E-state index contributed by atoms with van der Waals surface area (Å²) in [6.45, 7) is 1.29. The molecule has 4 rings (SSSR count). The van der Waals surface area contributed by atoms with Crippen molar-refractivity contribution in [1.29, 1.82) is 0 Å². The van der Waals surface area contributed by atoms with E-state index in [0.717, 1.165) is 16.9 Å². The second kappa shape index (κ2) is 7.66. The van der Waals surface area contributed by atoms with Crippen LogP contribution < -0.4 is 4.74 Å². The second-order valence-electron chi connectivity index (χ2n) is 6.09. The van der Waals surface area contributed by atoms with E-state index in [4.69, 9.17) is 4.74 Å². The van der Waals surface area contributed by atoms with E-state index in [9.17, 15) is 0 Å². The third-order valence-corrected chi connectivity index (χ3v) is 4.17. The Hall–Kier alpha value is -3.40. The topological polar surface area (TPSA) is 39.9 Å². The summed E-state index contributed by atoms with van der Waals surface area (Å²) in [5.74, 6) is 0.872. The van der Waals surface area contributed by atoms with Crippen LogP contribution in [0.25, 0.3) is 11.1 Å². The van der Waals surface area contributed by atoms with Gasteiger partial charge in [0.25, 0.3) is 0 Å².